The molecule has 7 atom stereocenters. The second-order valence-electron chi connectivity index (χ2n) is 6.30. The van der Waals surface area contributed by atoms with Crippen LogP contribution in [0.3, 0.4) is 0 Å². The molecule has 2 rings (SSSR count). The molecule has 1 fully saturated rings. The molecule has 1 aromatic heterocycles. The van der Waals surface area contributed by atoms with Gasteiger partial charge in [-0.25, -0.2) is 27.0 Å². The maximum atomic E-state index is 15.1. The number of phosphoric ester groups is 1. The topological polar surface area (TPSA) is 240 Å². The summed E-state index contributed by atoms with van der Waals surface area (Å²) < 4.78 is 69.5. The van der Waals surface area contributed by atoms with E-state index in [9.17, 15) is 38.0 Å². The average Bonchev–Trinajstić information content (AvgIpc) is 2.84. The first-order chi connectivity index (χ1) is 14.4. The first-order valence-electron chi connectivity index (χ1n) is 8.04. The molecule has 22 heteroatoms. The third-order valence-electron chi connectivity index (χ3n) is 3.85. The second-order valence-corrected chi connectivity index (χ2v) is 12.5. The van der Waals surface area contributed by atoms with Gasteiger partial charge in [-0.2, -0.15) is 14.1 Å². The molecule has 32 heavy (non-hydrogen) atoms. The smallest absolute Gasteiger partial charge is 0.387 e. The fourth-order valence-electron chi connectivity index (χ4n) is 2.64. The lowest BCUT2D eigenvalue weighted by Crippen LogP contribution is -2.49. The highest BCUT2D eigenvalue weighted by Crippen LogP contribution is 2.68. The minimum absolute atomic E-state index is 0.170. The van der Waals surface area contributed by atoms with E-state index in [0.29, 0.717) is 6.20 Å². The third kappa shape index (κ3) is 6.45. The first-order valence-corrected chi connectivity index (χ1v) is 14.0. The maximum Gasteiger partial charge on any atom is 0.488 e. The van der Waals surface area contributed by atoms with Crippen LogP contribution in [0.2, 0.25) is 0 Å². The summed E-state index contributed by atoms with van der Waals surface area (Å²) in [5.74, 6) is 0. The molecule has 0 aromatic carbocycles. The van der Waals surface area contributed by atoms with Gasteiger partial charge < -0.3 is 29.4 Å². The fourth-order valence-corrected chi connectivity index (χ4v) is 6.84. The van der Waals surface area contributed by atoms with Crippen LogP contribution in [-0.2, 0) is 27.0 Å². The zero-order valence-corrected chi connectivity index (χ0v) is 19.3. The number of aromatic amines is 1. The zero-order chi connectivity index (χ0) is 24.7. The van der Waals surface area contributed by atoms with Crippen LogP contribution in [0.4, 0.5) is 8.78 Å². The van der Waals surface area contributed by atoms with Crippen LogP contribution in [-0.4, -0.2) is 70.1 Å². The van der Waals surface area contributed by atoms with E-state index in [-0.39, 0.29) is 4.68 Å². The number of rotatable bonds is 9. The summed E-state index contributed by atoms with van der Waals surface area (Å²) in [5, 5.41) is 13.5. The van der Waals surface area contributed by atoms with E-state index >= 15 is 4.39 Å². The predicted molar refractivity (Wildman–Crippen MR) is 101 cm³/mol. The molecular weight excluding hydrogens is 532 g/mol. The van der Waals surface area contributed by atoms with Gasteiger partial charge in [0.05, 0.1) is 6.10 Å². The van der Waals surface area contributed by atoms with Crippen LogP contribution in [0.25, 0.3) is 0 Å². The van der Waals surface area contributed by atoms with E-state index < -0.39 is 71.0 Å². The number of nitrogens with one attached hydrogen (secondary N) is 1. The summed E-state index contributed by atoms with van der Waals surface area (Å²) in [5.41, 5.74) is -5.65. The molecule has 0 bridgehead atoms. The molecule has 0 saturated carbocycles. The van der Waals surface area contributed by atoms with Crippen LogP contribution >= 0.6 is 31.4 Å². The van der Waals surface area contributed by atoms with Crippen molar-refractivity contribution < 1.29 is 60.5 Å². The minimum atomic E-state index is -5.61. The van der Waals surface area contributed by atoms with Crippen molar-refractivity contribution in [1.82, 2.24) is 14.8 Å². The monoisotopic (exact) mass is 549 g/mol. The van der Waals surface area contributed by atoms with Gasteiger partial charge in [0, 0.05) is 0 Å². The maximum absolute atomic E-state index is 15.1. The van der Waals surface area contributed by atoms with Crippen LogP contribution in [0.1, 0.15) is 13.2 Å². The Bertz CT molecular complexity index is 1110. The lowest BCUT2D eigenvalue weighted by molar-refractivity contribution is -0.0919. The summed E-state index contributed by atoms with van der Waals surface area (Å²) in [6.45, 7) is -1.06. The Morgan fingerprint density at radius 2 is 1.91 bits per heavy atom. The van der Waals surface area contributed by atoms with Gasteiger partial charge >= 0.3 is 21.3 Å². The molecule has 1 saturated heterocycles. The molecule has 1 aliphatic heterocycles. The van der Waals surface area contributed by atoms with Gasteiger partial charge in [-0.15, -0.1) is 0 Å². The molecule has 0 aliphatic carbocycles. The summed E-state index contributed by atoms with van der Waals surface area (Å²) in [4.78, 5) is 61.5. The Labute approximate surface area is 178 Å². The number of aromatic nitrogens is 3. The van der Waals surface area contributed by atoms with Crippen molar-refractivity contribution in [2.75, 3.05) is 6.67 Å². The zero-order valence-electron chi connectivity index (χ0n) is 15.6. The molecule has 0 spiro atoms. The van der Waals surface area contributed by atoms with Gasteiger partial charge in [0.15, 0.2) is 6.23 Å². The summed E-state index contributed by atoms with van der Waals surface area (Å²) in [6.07, 6.45) is -8.04. The lowest BCUT2D eigenvalue weighted by atomic mass is 9.95. The molecule has 3 unspecified atom stereocenters. The van der Waals surface area contributed by atoms with E-state index in [1.807, 2.05) is 0 Å². The van der Waals surface area contributed by atoms with Crippen molar-refractivity contribution in [2.45, 2.75) is 37.1 Å². The molecule has 16 nitrogen and oxygen atoms in total. The standard InChI is InChI=1S/C10H17F2N3O13P4/c1-4(26-30(19,20)27-31(21,22)28-32(23,24)29)6-7(17)10(12,3-11)8(25-6)15-9(18)14-5(16)2-13-15/h2,4,6-8,17,23-24,29H,3H2,1H3,(H,19,20)(H,21,22)(H,14,16,18)/t4-,6-,7+,8-,10?/m1/s1. The highest BCUT2D eigenvalue weighted by Gasteiger charge is 2.61. The van der Waals surface area contributed by atoms with Crippen molar-refractivity contribution in [3.63, 3.8) is 0 Å². The number of halogens is 2. The van der Waals surface area contributed by atoms with Gasteiger partial charge in [-0.3, -0.25) is 14.3 Å². The highest BCUT2D eigenvalue weighted by atomic mass is 31.8. The van der Waals surface area contributed by atoms with E-state index in [4.69, 9.17) is 14.5 Å². The van der Waals surface area contributed by atoms with Gasteiger partial charge in [-0.05, 0) is 15.5 Å². The van der Waals surface area contributed by atoms with Crippen molar-refractivity contribution in [3.8, 4) is 0 Å². The van der Waals surface area contributed by atoms with Gasteiger partial charge in [0.25, 0.3) is 12.8 Å². The molecule has 0 amide bonds. The molecular formula is C10H17F2N3O13P4. The number of ether oxygens (including phenoxy) is 1. The van der Waals surface area contributed by atoms with Crippen molar-refractivity contribution >= 4 is 31.4 Å². The number of alkyl halides is 2. The van der Waals surface area contributed by atoms with E-state index in [0.717, 1.165) is 6.92 Å². The Hall–Kier alpha value is -0.700. The van der Waals surface area contributed by atoms with Crippen LogP contribution in [0.15, 0.2) is 15.8 Å². The van der Waals surface area contributed by atoms with Crippen molar-refractivity contribution in [3.05, 3.63) is 27.0 Å². The summed E-state index contributed by atoms with van der Waals surface area (Å²) >= 11 is 0. The molecule has 1 aromatic rings. The van der Waals surface area contributed by atoms with Crippen molar-refractivity contribution in [1.29, 1.82) is 0 Å². The number of aliphatic hydroxyl groups is 1. The largest absolute Gasteiger partial charge is 0.488 e. The minimum Gasteiger partial charge on any atom is -0.387 e. The van der Waals surface area contributed by atoms with Crippen molar-refractivity contribution in [2.24, 2.45) is 0 Å². The number of H-pyrrole nitrogens is 1. The van der Waals surface area contributed by atoms with Crippen LogP contribution in [0.5, 0.6) is 0 Å². The molecule has 0 radical (unpaired) electrons. The second kappa shape index (κ2) is 9.51. The summed E-state index contributed by atoms with van der Waals surface area (Å²) in [7, 11) is -13.7. The summed E-state index contributed by atoms with van der Waals surface area (Å²) in [6, 6.07) is 0. The highest BCUT2D eigenvalue weighted by molar-refractivity contribution is 7.91. The van der Waals surface area contributed by atoms with E-state index in [1.165, 1.54) is 0 Å². The van der Waals surface area contributed by atoms with Gasteiger partial charge in [0.1, 0.15) is 25.1 Å². The number of nitrogens with zero attached hydrogens (tertiary/aromatic N) is 2. The number of phosphoric acid groups is 2. The molecule has 6 N–H and O–H groups in total. The van der Waals surface area contributed by atoms with Gasteiger partial charge in [0.2, 0.25) is 5.67 Å². The average molecular weight is 549 g/mol. The van der Waals surface area contributed by atoms with Crippen LogP contribution < -0.4 is 11.2 Å². The lowest BCUT2D eigenvalue weighted by Gasteiger charge is -2.26. The Balaban J connectivity index is 2.26. The Morgan fingerprint density at radius 1 is 1.31 bits per heavy atom. The quantitative estimate of drug-likeness (QED) is 0.209. The first kappa shape index (κ1) is 27.5. The normalized spacial score (nSPS) is 31.1. The molecule has 184 valence electrons. The fraction of sp³-hybridized carbons (Fsp3) is 0.700. The van der Waals surface area contributed by atoms with Crippen LogP contribution in [0, 0.1) is 0 Å². The molecule has 2 heterocycles. The molecule has 1 aliphatic rings. The third-order valence-corrected chi connectivity index (χ3v) is 8.57. The number of aliphatic hydroxyl groups excluding tert-OH is 1. The van der Waals surface area contributed by atoms with E-state index in [1.54, 1.807) is 4.98 Å². The SMILES string of the molecule is C[C@@H](OP(=O)(O)OP(=O)(O)OP(O)(O)=P)[C@H]1O[C@@H](n2ncc(=O)[nH]c2=O)C(F)(CF)[C@H]1O. The Morgan fingerprint density at radius 3 is 2.41 bits per heavy atom. The Kier molecular flexibility index (Phi) is 8.19. The number of hydrogen-bond donors (Lipinski definition) is 6. The van der Waals surface area contributed by atoms with E-state index in [2.05, 4.69) is 26.8 Å². The number of hydrogen-bond acceptors (Lipinski definition) is 10. The van der Waals surface area contributed by atoms with Gasteiger partial charge in [-0.1, -0.05) is 0 Å². The predicted octanol–water partition coefficient (Wildman–Crippen LogP) is -0.688.